The molecule has 7 heteroatoms. The highest BCUT2D eigenvalue weighted by Gasteiger charge is 2.28. The molecule has 2 heterocycles. The molecule has 0 spiro atoms. The Kier molecular flexibility index (Phi) is 4.48. The summed E-state index contributed by atoms with van der Waals surface area (Å²) in [5.41, 5.74) is 0.919. The number of hydrogen-bond donors (Lipinski definition) is 0. The van der Waals surface area contributed by atoms with Gasteiger partial charge in [0.15, 0.2) is 5.76 Å². The Balaban J connectivity index is 1.60. The molecule has 0 unspecified atom stereocenters. The molecule has 5 nitrogen and oxygen atoms in total. The summed E-state index contributed by atoms with van der Waals surface area (Å²) in [6.45, 7) is 0. The van der Waals surface area contributed by atoms with E-state index in [0.717, 1.165) is 0 Å². The second kappa shape index (κ2) is 6.95. The number of fused-ring (bicyclic) bond motifs is 1. The van der Waals surface area contributed by atoms with Gasteiger partial charge in [-0.1, -0.05) is 35.3 Å². The second-order valence-corrected chi connectivity index (χ2v) is 6.39. The van der Waals surface area contributed by atoms with Crippen molar-refractivity contribution in [1.29, 1.82) is 0 Å². The third-order valence-electron chi connectivity index (χ3n) is 3.84. The van der Waals surface area contributed by atoms with Crippen molar-refractivity contribution in [3.63, 3.8) is 0 Å². The van der Waals surface area contributed by atoms with Crippen molar-refractivity contribution in [2.24, 2.45) is 0 Å². The fourth-order valence-electron chi connectivity index (χ4n) is 2.56. The van der Waals surface area contributed by atoms with E-state index >= 15 is 0 Å². The maximum Gasteiger partial charge on any atom is 0.379 e. The third-order valence-corrected chi connectivity index (χ3v) is 4.68. The first-order valence-electron chi connectivity index (χ1n) is 7.81. The average molecular weight is 401 g/mol. The van der Waals surface area contributed by atoms with Crippen LogP contribution in [0.2, 0.25) is 10.0 Å². The SMILES string of the molecule is O=C(Oc1ccc2c(c1)OC(=Cc1cccc(Cl)c1Cl)C2=O)c1ccco1. The van der Waals surface area contributed by atoms with Gasteiger partial charge in [0, 0.05) is 6.07 Å². The van der Waals surface area contributed by atoms with Crippen LogP contribution in [0.1, 0.15) is 26.5 Å². The molecule has 0 N–H and O–H groups in total. The molecule has 134 valence electrons. The van der Waals surface area contributed by atoms with Crippen LogP contribution in [-0.2, 0) is 0 Å². The highest BCUT2D eigenvalue weighted by Crippen LogP contribution is 2.36. The minimum Gasteiger partial charge on any atom is -0.457 e. The number of benzene rings is 2. The van der Waals surface area contributed by atoms with Gasteiger partial charge in [0.05, 0.1) is 21.9 Å². The molecule has 0 amide bonds. The van der Waals surface area contributed by atoms with Crippen LogP contribution >= 0.6 is 23.2 Å². The van der Waals surface area contributed by atoms with Crippen LogP contribution in [0.5, 0.6) is 11.5 Å². The van der Waals surface area contributed by atoms with Crippen molar-refractivity contribution in [2.45, 2.75) is 0 Å². The molecule has 1 aromatic heterocycles. The van der Waals surface area contributed by atoms with Crippen LogP contribution in [0.3, 0.4) is 0 Å². The van der Waals surface area contributed by atoms with E-state index in [4.69, 9.17) is 37.1 Å². The largest absolute Gasteiger partial charge is 0.457 e. The number of allylic oxidation sites excluding steroid dienone is 1. The third kappa shape index (κ3) is 3.35. The number of esters is 1. The van der Waals surface area contributed by atoms with E-state index in [2.05, 4.69) is 0 Å². The van der Waals surface area contributed by atoms with E-state index in [-0.39, 0.29) is 28.8 Å². The monoisotopic (exact) mass is 400 g/mol. The highest BCUT2D eigenvalue weighted by atomic mass is 35.5. The maximum absolute atomic E-state index is 12.5. The summed E-state index contributed by atoms with van der Waals surface area (Å²) >= 11 is 12.1. The Morgan fingerprint density at radius 1 is 1.07 bits per heavy atom. The predicted octanol–water partition coefficient (Wildman–Crippen LogP) is 5.42. The normalized spacial score (nSPS) is 14.1. The van der Waals surface area contributed by atoms with Gasteiger partial charge in [-0.05, 0) is 42.0 Å². The number of ketones is 1. The first-order chi connectivity index (χ1) is 13.0. The quantitative estimate of drug-likeness (QED) is 0.333. The molecule has 4 rings (SSSR count). The summed E-state index contributed by atoms with van der Waals surface area (Å²) in [6, 6.07) is 12.7. The number of furan rings is 1. The van der Waals surface area contributed by atoms with Crippen LogP contribution in [-0.4, -0.2) is 11.8 Å². The summed E-state index contributed by atoms with van der Waals surface area (Å²) in [4.78, 5) is 24.5. The summed E-state index contributed by atoms with van der Waals surface area (Å²) in [6.07, 6.45) is 2.89. The molecule has 0 atom stereocenters. The molecule has 1 aliphatic rings. The van der Waals surface area contributed by atoms with Gasteiger partial charge < -0.3 is 13.9 Å². The average Bonchev–Trinajstić information content (AvgIpc) is 3.28. The fraction of sp³-hybridized carbons (Fsp3) is 0. The predicted molar refractivity (Wildman–Crippen MR) is 99.5 cm³/mol. The van der Waals surface area contributed by atoms with Crippen LogP contribution < -0.4 is 9.47 Å². The van der Waals surface area contributed by atoms with E-state index in [1.807, 2.05) is 0 Å². The summed E-state index contributed by atoms with van der Waals surface area (Å²) < 4.78 is 15.8. The topological polar surface area (TPSA) is 65.7 Å². The maximum atomic E-state index is 12.5. The molecule has 2 aromatic carbocycles. The molecule has 0 aliphatic carbocycles. The zero-order valence-electron chi connectivity index (χ0n) is 13.6. The van der Waals surface area contributed by atoms with Crippen LogP contribution in [0, 0.1) is 0 Å². The molecule has 1 aliphatic heterocycles. The van der Waals surface area contributed by atoms with Crippen LogP contribution in [0.4, 0.5) is 0 Å². The Morgan fingerprint density at radius 3 is 2.70 bits per heavy atom. The van der Waals surface area contributed by atoms with Crippen molar-refractivity contribution >= 4 is 41.0 Å². The zero-order valence-corrected chi connectivity index (χ0v) is 15.1. The number of hydrogen-bond acceptors (Lipinski definition) is 5. The Bertz CT molecular complexity index is 1080. The lowest BCUT2D eigenvalue weighted by atomic mass is 10.1. The lowest BCUT2D eigenvalue weighted by Crippen LogP contribution is -2.07. The summed E-state index contributed by atoms with van der Waals surface area (Å²) in [7, 11) is 0. The number of carbonyl (C=O) groups is 2. The first kappa shape index (κ1) is 17.4. The van der Waals surface area contributed by atoms with Gasteiger partial charge in [-0.2, -0.15) is 0 Å². The zero-order chi connectivity index (χ0) is 19.0. The lowest BCUT2D eigenvalue weighted by molar-refractivity contribution is 0.0701. The number of carbonyl (C=O) groups excluding carboxylic acids is 2. The molecule has 0 saturated heterocycles. The Morgan fingerprint density at radius 2 is 1.93 bits per heavy atom. The minimum atomic E-state index is -0.647. The van der Waals surface area contributed by atoms with Gasteiger partial charge in [0.1, 0.15) is 11.5 Å². The van der Waals surface area contributed by atoms with Crippen molar-refractivity contribution in [3.05, 3.63) is 87.5 Å². The summed E-state index contributed by atoms with van der Waals surface area (Å²) in [5.74, 6) is -0.262. The number of halogens is 2. The minimum absolute atomic E-state index is 0.0728. The van der Waals surface area contributed by atoms with Crippen LogP contribution in [0.25, 0.3) is 6.08 Å². The molecule has 0 bridgehead atoms. The first-order valence-corrected chi connectivity index (χ1v) is 8.56. The fourth-order valence-corrected chi connectivity index (χ4v) is 2.92. The second-order valence-electron chi connectivity index (χ2n) is 5.61. The molecule has 0 fully saturated rings. The van der Waals surface area contributed by atoms with Gasteiger partial charge >= 0.3 is 5.97 Å². The number of rotatable bonds is 3. The summed E-state index contributed by atoms with van der Waals surface area (Å²) in [5, 5.41) is 0.702. The highest BCUT2D eigenvalue weighted by molar-refractivity contribution is 6.43. The molecule has 3 aromatic rings. The Labute approximate surface area is 163 Å². The number of ether oxygens (including phenoxy) is 2. The van der Waals surface area contributed by atoms with Gasteiger partial charge in [-0.15, -0.1) is 0 Å². The van der Waals surface area contributed by atoms with E-state index in [1.54, 1.807) is 24.3 Å². The molecule has 27 heavy (non-hydrogen) atoms. The molecular formula is C20H10Cl2O5. The van der Waals surface area contributed by atoms with Gasteiger partial charge in [-0.3, -0.25) is 4.79 Å². The van der Waals surface area contributed by atoms with E-state index in [0.29, 0.717) is 21.2 Å². The number of Topliss-reactive ketones (excluding diaryl/α,β-unsaturated/α-hetero) is 1. The lowest BCUT2D eigenvalue weighted by Gasteiger charge is -2.04. The van der Waals surface area contributed by atoms with Gasteiger partial charge in [-0.25, -0.2) is 4.79 Å². The smallest absolute Gasteiger partial charge is 0.379 e. The molecule has 0 radical (unpaired) electrons. The molecular weight excluding hydrogens is 391 g/mol. The molecule has 0 saturated carbocycles. The Hall–Kier alpha value is -3.02. The van der Waals surface area contributed by atoms with Crippen molar-refractivity contribution in [2.75, 3.05) is 0 Å². The van der Waals surface area contributed by atoms with Gasteiger partial charge in [0.25, 0.3) is 0 Å². The van der Waals surface area contributed by atoms with Crippen molar-refractivity contribution < 1.29 is 23.5 Å². The van der Waals surface area contributed by atoms with Gasteiger partial charge in [0.2, 0.25) is 11.5 Å². The van der Waals surface area contributed by atoms with E-state index in [9.17, 15) is 9.59 Å². The standard InChI is InChI=1S/C20H10Cl2O5/c21-14-4-1-3-11(18(14)22)9-17-19(23)13-7-6-12(10-16(13)27-17)26-20(24)15-5-2-8-25-15/h1-10H. The van der Waals surface area contributed by atoms with Crippen molar-refractivity contribution in [1.82, 2.24) is 0 Å². The van der Waals surface area contributed by atoms with E-state index < -0.39 is 5.97 Å². The van der Waals surface area contributed by atoms with E-state index in [1.165, 1.54) is 36.6 Å². The van der Waals surface area contributed by atoms with Crippen molar-refractivity contribution in [3.8, 4) is 11.5 Å². The van der Waals surface area contributed by atoms with Crippen LogP contribution in [0.15, 0.2) is 65.0 Å².